The van der Waals surface area contributed by atoms with Gasteiger partial charge in [0, 0.05) is 31.3 Å². The van der Waals surface area contributed by atoms with E-state index in [1.165, 1.54) is 0 Å². The van der Waals surface area contributed by atoms with Gasteiger partial charge in [0.1, 0.15) is 5.75 Å². The minimum Gasteiger partial charge on any atom is -0.493 e. The van der Waals surface area contributed by atoms with Crippen molar-refractivity contribution in [3.8, 4) is 28.0 Å². The Bertz CT molecular complexity index is 1480. The number of rotatable bonds is 13. The van der Waals surface area contributed by atoms with Crippen LogP contribution in [0.25, 0.3) is 22.3 Å². The Hall–Kier alpha value is -3.42. The number of amides is 1. The number of unbranched alkanes of at least 4 members (excludes halogenated alkanes) is 1. The second kappa shape index (κ2) is 15.4. The molecule has 0 heterocycles. The molecule has 0 atom stereocenters. The molecule has 3 rings (SSSR count). The highest BCUT2D eigenvalue weighted by atomic mass is 28.4. The van der Waals surface area contributed by atoms with E-state index in [1.54, 1.807) is 26.0 Å². The van der Waals surface area contributed by atoms with Crippen molar-refractivity contribution in [2.24, 2.45) is 0 Å². The van der Waals surface area contributed by atoms with Gasteiger partial charge in [-0.05, 0) is 109 Å². The van der Waals surface area contributed by atoms with E-state index in [-0.39, 0.29) is 22.3 Å². The van der Waals surface area contributed by atoms with Crippen molar-refractivity contribution >= 4 is 25.9 Å². The van der Waals surface area contributed by atoms with Gasteiger partial charge in [0.25, 0.3) is 0 Å². The molecular formula is C39H55NO5Si. The zero-order valence-electron chi connectivity index (χ0n) is 30.0. The monoisotopic (exact) mass is 645 g/mol. The summed E-state index contributed by atoms with van der Waals surface area (Å²) in [4.78, 5) is 26.6. The fourth-order valence-electron chi connectivity index (χ4n) is 5.11. The molecule has 0 radical (unpaired) electrons. The van der Waals surface area contributed by atoms with Crippen molar-refractivity contribution in [1.29, 1.82) is 0 Å². The number of nitrogens with zero attached hydrogens (tertiary/aromatic N) is 1. The molecule has 0 fully saturated rings. The van der Waals surface area contributed by atoms with Gasteiger partial charge in [-0.15, -0.1) is 0 Å². The Labute approximate surface area is 278 Å². The molecule has 0 spiro atoms. The lowest BCUT2D eigenvalue weighted by atomic mass is 9.83. The molecular weight excluding hydrogens is 591 g/mol. The van der Waals surface area contributed by atoms with Gasteiger partial charge < -0.3 is 18.8 Å². The molecule has 46 heavy (non-hydrogen) atoms. The lowest BCUT2D eigenvalue weighted by Gasteiger charge is -2.36. The topological polar surface area (TPSA) is 65.1 Å². The summed E-state index contributed by atoms with van der Waals surface area (Å²) >= 11 is 0. The first-order chi connectivity index (χ1) is 21.5. The van der Waals surface area contributed by atoms with Crippen LogP contribution in [-0.2, 0) is 19.4 Å². The Kier molecular flexibility index (Phi) is 12.4. The summed E-state index contributed by atoms with van der Waals surface area (Å²) in [6.07, 6.45) is 1.83. The van der Waals surface area contributed by atoms with Crippen molar-refractivity contribution in [2.45, 2.75) is 98.7 Å². The molecule has 0 saturated carbocycles. The van der Waals surface area contributed by atoms with Crippen LogP contribution < -0.4 is 9.64 Å². The quantitative estimate of drug-likeness (QED) is 0.105. The fourth-order valence-corrected chi connectivity index (χ4v) is 6.19. The molecule has 0 saturated heterocycles. The third-order valence-corrected chi connectivity index (χ3v) is 13.4. The number of ether oxygens (including phenoxy) is 2. The predicted molar refractivity (Wildman–Crippen MR) is 194 cm³/mol. The maximum Gasteiger partial charge on any atom is 0.338 e. The van der Waals surface area contributed by atoms with Gasteiger partial charge in [-0.1, -0.05) is 65.8 Å². The summed E-state index contributed by atoms with van der Waals surface area (Å²) in [5.74, 6) is 0.508. The summed E-state index contributed by atoms with van der Waals surface area (Å²) in [5.41, 5.74) is 6.37. The summed E-state index contributed by atoms with van der Waals surface area (Å²) in [7, 11) is -1.77. The van der Waals surface area contributed by atoms with E-state index in [4.69, 9.17) is 13.9 Å². The van der Waals surface area contributed by atoms with Crippen molar-refractivity contribution < 1.29 is 23.5 Å². The standard InChI is InChI=1S/C39H55NO5Si/c1-12-40(28(3)41)35-22-20-32(27-34(35)38(4,5)6)33-26-31(29-16-18-30(19-17-29)37(42)43-13-2)21-23-36(33)44-24-14-15-25-45-46(10,11)39(7,8)9/h16-23,26-27H,12-15,24-25H2,1-11H3. The Balaban J connectivity index is 1.97. The molecule has 0 unspecified atom stereocenters. The van der Waals surface area contributed by atoms with Gasteiger partial charge in [0.05, 0.1) is 18.8 Å². The van der Waals surface area contributed by atoms with Crippen molar-refractivity contribution in [3.05, 3.63) is 71.8 Å². The highest BCUT2D eigenvalue weighted by Crippen LogP contribution is 2.40. The molecule has 0 N–H and O–H groups in total. The van der Waals surface area contributed by atoms with Crippen LogP contribution in [0.15, 0.2) is 60.7 Å². The van der Waals surface area contributed by atoms with Crippen molar-refractivity contribution in [3.63, 3.8) is 0 Å². The smallest absolute Gasteiger partial charge is 0.338 e. The average molecular weight is 646 g/mol. The van der Waals surface area contributed by atoms with Gasteiger partial charge in [-0.3, -0.25) is 4.79 Å². The molecule has 7 heteroatoms. The van der Waals surface area contributed by atoms with Gasteiger partial charge in [-0.2, -0.15) is 0 Å². The second-order valence-electron chi connectivity index (χ2n) is 14.4. The Morgan fingerprint density at radius 3 is 1.96 bits per heavy atom. The normalized spacial score (nSPS) is 12.2. The first-order valence-electron chi connectivity index (χ1n) is 16.6. The molecule has 0 aliphatic rings. The molecule has 3 aromatic rings. The fraction of sp³-hybridized carbons (Fsp3) is 0.487. The SMILES string of the molecule is CCOC(=O)c1ccc(-c2ccc(OCCCCO[Si](C)(C)C(C)(C)C)c(-c3ccc(N(CC)C(C)=O)c(C(C)(C)C)c3)c2)cc1. The van der Waals surface area contributed by atoms with Crippen LogP contribution in [0.2, 0.25) is 18.1 Å². The highest BCUT2D eigenvalue weighted by molar-refractivity contribution is 6.74. The highest BCUT2D eigenvalue weighted by Gasteiger charge is 2.36. The molecule has 250 valence electrons. The Morgan fingerprint density at radius 1 is 0.783 bits per heavy atom. The van der Waals surface area contributed by atoms with Crippen LogP contribution in [0.1, 0.15) is 91.1 Å². The zero-order chi connectivity index (χ0) is 34.3. The number of carbonyl (C=O) groups is 2. The molecule has 0 bridgehead atoms. The Morgan fingerprint density at radius 2 is 1.39 bits per heavy atom. The molecule has 6 nitrogen and oxygen atoms in total. The molecule has 3 aromatic carbocycles. The number of hydrogen-bond acceptors (Lipinski definition) is 5. The number of benzene rings is 3. The summed E-state index contributed by atoms with van der Waals surface area (Å²) in [6.45, 7) is 25.6. The molecule has 0 aromatic heterocycles. The zero-order valence-corrected chi connectivity index (χ0v) is 31.0. The summed E-state index contributed by atoms with van der Waals surface area (Å²) in [6, 6.07) is 20.1. The van der Waals surface area contributed by atoms with E-state index in [0.717, 1.165) is 58.7 Å². The largest absolute Gasteiger partial charge is 0.493 e. The number of carbonyl (C=O) groups excluding carboxylic acids is 2. The van der Waals surface area contributed by atoms with Crippen LogP contribution in [0.4, 0.5) is 5.69 Å². The summed E-state index contributed by atoms with van der Waals surface area (Å²) in [5, 5.41) is 0.194. The van der Waals surface area contributed by atoms with Crippen LogP contribution >= 0.6 is 0 Å². The van der Waals surface area contributed by atoms with E-state index in [1.807, 2.05) is 30.0 Å². The van der Waals surface area contributed by atoms with Crippen LogP contribution in [-0.4, -0.2) is 46.6 Å². The molecule has 0 aliphatic carbocycles. The second-order valence-corrected chi connectivity index (χ2v) is 19.2. The van der Waals surface area contributed by atoms with Crippen LogP contribution in [0, 0.1) is 0 Å². The lowest BCUT2D eigenvalue weighted by Crippen LogP contribution is -2.41. The van der Waals surface area contributed by atoms with Gasteiger partial charge in [-0.25, -0.2) is 4.79 Å². The number of anilines is 1. The van der Waals surface area contributed by atoms with E-state index in [2.05, 4.69) is 85.0 Å². The van der Waals surface area contributed by atoms with Crippen molar-refractivity contribution in [1.82, 2.24) is 0 Å². The average Bonchev–Trinajstić information content (AvgIpc) is 2.98. The molecule has 0 aliphatic heterocycles. The van der Waals surface area contributed by atoms with Gasteiger partial charge in [0.15, 0.2) is 8.32 Å². The maximum absolute atomic E-state index is 12.5. The van der Waals surface area contributed by atoms with E-state index in [9.17, 15) is 9.59 Å². The van der Waals surface area contributed by atoms with E-state index < -0.39 is 8.32 Å². The maximum atomic E-state index is 12.5. The predicted octanol–water partition coefficient (Wildman–Crippen LogP) is 10.0. The van der Waals surface area contributed by atoms with Crippen LogP contribution in [0.5, 0.6) is 5.75 Å². The minimum absolute atomic E-state index is 0.0237. The van der Waals surface area contributed by atoms with E-state index in [0.29, 0.717) is 25.3 Å². The van der Waals surface area contributed by atoms with Gasteiger partial charge >= 0.3 is 5.97 Å². The van der Waals surface area contributed by atoms with E-state index >= 15 is 0 Å². The van der Waals surface area contributed by atoms with Crippen molar-refractivity contribution in [2.75, 3.05) is 31.3 Å². The number of esters is 1. The van der Waals surface area contributed by atoms with Crippen LogP contribution in [0.3, 0.4) is 0 Å². The third-order valence-electron chi connectivity index (χ3n) is 8.88. The summed E-state index contributed by atoms with van der Waals surface area (Å²) < 4.78 is 18.0. The lowest BCUT2D eigenvalue weighted by molar-refractivity contribution is -0.116. The first-order valence-corrected chi connectivity index (χ1v) is 19.5. The number of hydrogen-bond donors (Lipinski definition) is 0. The first kappa shape index (κ1) is 37.0. The van der Waals surface area contributed by atoms with Gasteiger partial charge in [0.2, 0.25) is 5.91 Å². The molecule has 1 amide bonds. The third kappa shape index (κ3) is 9.32. The minimum atomic E-state index is -1.77.